The third kappa shape index (κ3) is 1.74. The molecule has 0 fully saturated rings. The lowest BCUT2D eigenvalue weighted by Crippen LogP contribution is -2.07. The Labute approximate surface area is 105 Å². The van der Waals surface area contributed by atoms with Gasteiger partial charge < -0.3 is 4.84 Å². The van der Waals surface area contributed by atoms with Crippen LogP contribution in [0.4, 0.5) is 5.69 Å². The van der Waals surface area contributed by atoms with Crippen molar-refractivity contribution in [1.82, 2.24) is 0 Å². The lowest BCUT2D eigenvalue weighted by molar-refractivity contribution is -0.138. The Morgan fingerprint density at radius 3 is 2.72 bits per heavy atom. The van der Waals surface area contributed by atoms with Crippen molar-refractivity contribution in [2.75, 3.05) is 5.48 Å². The van der Waals surface area contributed by atoms with Crippen LogP contribution in [0.5, 0.6) is 0 Å². The predicted octanol–water partition coefficient (Wildman–Crippen LogP) is 3.15. The van der Waals surface area contributed by atoms with E-state index in [2.05, 4.69) is 23.7 Å². The van der Waals surface area contributed by atoms with Gasteiger partial charge in [0, 0.05) is 13.3 Å². The molecule has 3 heteroatoms. The van der Waals surface area contributed by atoms with Gasteiger partial charge in [-0.3, -0.25) is 4.79 Å². The zero-order valence-electron chi connectivity index (χ0n) is 10.1. The minimum Gasteiger partial charge on any atom is -0.344 e. The van der Waals surface area contributed by atoms with Crippen LogP contribution in [-0.2, 0) is 16.1 Å². The second kappa shape index (κ2) is 4.18. The fraction of sp³-hybridized carbons (Fsp3) is 0.133. The van der Waals surface area contributed by atoms with E-state index < -0.39 is 0 Å². The van der Waals surface area contributed by atoms with E-state index in [1.165, 1.54) is 29.2 Å². The fourth-order valence-corrected chi connectivity index (χ4v) is 2.38. The van der Waals surface area contributed by atoms with Crippen LogP contribution in [0.1, 0.15) is 18.1 Å². The van der Waals surface area contributed by atoms with Crippen LogP contribution in [0.25, 0.3) is 11.1 Å². The number of anilines is 1. The molecule has 0 atom stereocenters. The van der Waals surface area contributed by atoms with Gasteiger partial charge in [-0.2, -0.15) is 0 Å². The van der Waals surface area contributed by atoms with E-state index in [0.29, 0.717) is 0 Å². The van der Waals surface area contributed by atoms with E-state index in [-0.39, 0.29) is 5.97 Å². The average molecular weight is 239 g/mol. The Hall–Kier alpha value is -2.29. The van der Waals surface area contributed by atoms with Crippen LogP contribution in [-0.4, -0.2) is 5.97 Å². The third-order valence-corrected chi connectivity index (χ3v) is 3.16. The van der Waals surface area contributed by atoms with Crippen LogP contribution in [0, 0.1) is 0 Å². The van der Waals surface area contributed by atoms with Gasteiger partial charge >= 0.3 is 5.97 Å². The van der Waals surface area contributed by atoms with Gasteiger partial charge in [-0.05, 0) is 28.3 Å². The van der Waals surface area contributed by atoms with Crippen molar-refractivity contribution in [1.29, 1.82) is 0 Å². The highest BCUT2D eigenvalue weighted by Gasteiger charge is 2.20. The summed E-state index contributed by atoms with van der Waals surface area (Å²) < 4.78 is 0. The highest BCUT2D eigenvalue weighted by atomic mass is 16.7. The van der Waals surface area contributed by atoms with Crippen LogP contribution in [0.2, 0.25) is 0 Å². The summed E-state index contributed by atoms with van der Waals surface area (Å²) in [5.74, 6) is -0.344. The molecule has 1 aliphatic rings. The van der Waals surface area contributed by atoms with E-state index in [9.17, 15) is 4.79 Å². The van der Waals surface area contributed by atoms with Crippen LogP contribution >= 0.6 is 0 Å². The maximum absolute atomic E-state index is 10.9. The van der Waals surface area contributed by atoms with Crippen molar-refractivity contribution in [3.05, 3.63) is 53.6 Å². The number of hydrogen-bond acceptors (Lipinski definition) is 3. The molecule has 18 heavy (non-hydrogen) atoms. The van der Waals surface area contributed by atoms with Crippen LogP contribution in [0.3, 0.4) is 0 Å². The third-order valence-electron chi connectivity index (χ3n) is 3.16. The van der Waals surface area contributed by atoms with Crippen molar-refractivity contribution in [2.24, 2.45) is 0 Å². The van der Waals surface area contributed by atoms with Crippen molar-refractivity contribution >= 4 is 11.7 Å². The Kier molecular flexibility index (Phi) is 2.52. The summed E-state index contributed by atoms with van der Waals surface area (Å²) >= 11 is 0. The zero-order chi connectivity index (χ0) is 12.5. The Balaban J connectivity index is 2.00. The summed E-state index contributed by atoms with van der Waals surface area (Å²) in [6.07, 6.45) is 0.871. The number of carbonyl (C=O) groups is 1. The zero-order valence-corrected chi connectivity index (χ0v) is 10.1. The normalized spacial score (nSPS) is 11.6. The molecule has 0 bridgehead atoms. The number of nitrogens with one attached hydrogen (secondary N) is 1. The van der Waals surface area contributed by atoms with Gasteiger partial charge in [0.1, 0.15) is 0 Å². The topological polar surface area (TPSA) is 38.3 Å². The van der Waals surface area contributed by atoms with E-state index in [1.807, 2.05) is 24.3 Å². The summed E-state index contributed by atoms with van der Waals surface area (Å²) in [5, 5.41) is 0. The molecule has 3 nitrogen and oxygen atoms in total. The summed E-state index contributed by atoms with van der Waals surface area (Å²) in [6, 6.07) is 14.3. The van der Waals surface area contributed by atoms with Gasteiger partial charge in [0.25, 0.3) is 0 Å². The molecule has 2 aromatic rings. The average Bonchev–Trinajstić information content (AvgIpc) is 2.75. The molecule has 2 aromatic carbocycles. The highest BCUT2D eigenvalue weighted by molar-refractivity contribution is 5.82. The minimum atomic E-state index is -0.344. The first-order valence-electron chi connectivity index (χ1n) is 5.89. The summed E-state index contributed by atoms with van der Waals surface area (Å²) in [7, 11) is 0. The molecular weight excluding hydrogens is 226 g/mol. The minimum absolute atomic E-state index is 0.344. The summed E-state index contributed by atoms with van der Waals surface area (Å²) in [5.41, 5.74) is 8.55. The van der Waals surface area contributed by atoms with E-state index in [0.717, 1.165) is 12.1 Å². The second-order valence-electron chi connectivity index (χ2n) is 4.36. The van der Waals surface area contributed by atoms with Gasteiger partial charge in [-0.1, -0.05) is 36.4 Å². The van der Waals surface area contributed by atoms with Gasteiger partial charge in [0.05, 0.1) is 5.69 Å². The fourth-order valence-electron chi connectivity index (χ4n) is 2.38. The number of carbonyl (C=O) groups excluding carboxylic acids is 1. The van der Waals surface area contributed by atoms with Gasteiger partial charge in [-0.15, -0.1) is 0 Å². The molecule has 0 saturated carbocycles. The smallest absolute Gasteiger partial charge is 0.329 e. The largest absolute Gasteiger partial charge is 0.344 e. The van der Waals surface area contributed by atoms with Gasteiger partial charge in [-0.25, -0.2) is 5.48 Å². The number of fused-ring (bicyclic) bond motifs is 3. The van der Waals surface area contributed by atoms with Gasteiger partial charge in [0.15, 0.2) is 0 Å². The summed E-state index contributed by atoms with van der Waals surface area (Å²) in [6.45, 7) is 1.38. The number of hydrogen-bond donors (Lipinski definition) is 1. The van der Waals surface area contributed by atoms with E-state index >= 15 is 0 Å². The first-order chi connectivity index (χ1) is 8.75. The Morgan fingerprint density at radius 2 is 1.89 bits per heavy atom. The van der Waals surface area contributed by atoms with Crippen molar-refractivity contribution < 1.29 is 9.63 Å². The molecule has 0 amide bonds. The molecule has 1 N–H and O–H groups in total. The SMILES string of the molecule is CC(=O)ONc1cccc2c1Cc1ccccc1-2. The quantitative estimate of drug-likeness (QED) is 0.698. The molecule has 0 aromatic heterocycles. The Bertz CT molecular complexity index is 620. The maximum Gasteiger partial charge on any atom is 0.329 e. The molecule has 1 aliphatic carbocycles. The van der Waals surface area contributed by atoms with E-state index in [4.69, 9.17) is 4.84 Å². The maximum atomic E-state index is 10.9. The standard InChI is InChI=1S/C15H13NO2/c1-10(17)18-16-15-8-4-7-13-12-6-3-2-5-11(12)9-14(13)15/h2-8,16H,9H2,1H3. The number of rotatable bonds is 2. The first-order valence-corrected chi connectivity index (χ1v) is 5.89. The second-order valence-corrected chi connectivity index (χ2v) is 4.36. The van der Waals surface area contributed by atoms with Crippen molar-refractivity contribution in [3.63, 3.8) is 0 Å². The molecule has 0 heterocycles. The molecule has 0 spiro atoms. The molecule has 0 radical (unpaired) electrons. The monoisotopic (exact) mass is 239 g/mol. The molecule has 90 valence electrons. The van der Waals surface area contributed by atoms with Crippen molar-refractivity contribution in [3.8, 4) is 11.1 Å². The molecule has 3 rings (SSSR count). The lowest BCUT2D eigenvalue weighted by Gasteiger charge is -2.09. The first kappa shape index (κ1) is 10.8. The van der Waals surface area contributed by atoms with Gasteiger partial charge in [0.2, 0.25) is 0 Å². The Morgan fingerprint density at radius 1 is 1.11 bits per heavy atom. The predicted molar refractivity (Wildman–Crippen MR) is 70.1 cm³/mol. The highest BCUT2D eigenvalue weighted by Crippen LogP contribution is 2.39. The number of benzene rings is 2. The molecular formula is C15H13NO2. The lowest BCUT2D eigenvalue weighted by atomic mass is 10.1. The van der Waals surface area contributed by atoms with Crippen molar-refractivity contribution in [2.45, 2.75) is 13.3 Å². The molecule has 0 unspecified atom stereocenters. The van der Waals surface area contributed by atoms with E-state index in [1.54, 1.807) is 0 Å². The van der Waals surface area contributed by atoms with Crippen LogP contribution in [0.15, 0.2) is 42.5 Å². The van der Waals surface area contributed by atoms with Crippen LogP contribution < -0.4 is 5.48 Å². The molecule has 0 saturated heterocycles. The molecule has 0 aliphatic heterocycles. The summed E-state index contributed by atoms with van der Waals surface area (Å²) in [4.78, 5) is 15.7.